The molecule has 0 aromatic carbocycles. The fourth-order valence-electron chi connectivity index (χ4n) is 10.0. The molecule has 0 spiro atoms. The number of nitrogens with zero attached hydrogens (tertiary/aromatic N) is 3. The fraction of sp³-hybridized carbons (Fsp3) is 0.829. The number of aliphatic hydroxyl groups excluding tert-OH is 1. The number of terminal acetylenes is 1. The van der Waals surface area contributed by atoms with E-state index in [1.807, 2.05) is 6.08 Å². The van der Waals surface area contributed by atoms with Crippen LogP contribution in [0.15, 0.2) is 17.3 Å². The highest BCUT2D eigenvalue weighted by Crippen LogP contribution is 2.68. The summed E-state index contributed by atoms with van der Waals surface area (Å²) in [5.41, 5.74) is 9.50. The number of nitrogens with one attached hydrogen (secondary N) is 2. The smallest absolute Gasteiger partial charge is 0.408 e. The normalized spacial score (nSPS) is 35.1. The number of carbonyl (C=O) groups excluding carboxylic acids is 2. The summed E-state index contributed by atoms with van der Waals surface area (Å²) in [4.78, 5) is 27.4. The number of hydrogen-bond acceptors (Lipinski definition) is 6. The van der Waals surface area contributed by atoms with E-state index in [2.05, 4.69) is 47.4 Å². The predicted molar refractivity (Wildman–Crippen MR) is 173 cm³/mol. The Kier molecular flexibility index (Phi) is 12.6. The minimum Gasteiger partial charge on any atom is -0.447 e. The van der Waals surface area contributed by atoms with Crippen LogP contribution in [0.25, 0.3) is 10.4 Å². The topological polar surface area (TPSA) is 146 Å². The number of aliphatic hydroxyl groups is 1. The summed E-state index contributed by atoms with van der Waals surface area (Å²) >= 11 is 0. The van der Waals surface area contributed by atoms with Gasteiger partial charge in [0.1, 0.15) is 12.8 Å². The van der Waals surface area contributed by atoms with Crippen LogP contribution in [0.3, 0.4) is 0 Å². The van der Waals surface area contributed by atoms with Gasteiger partial charge in [0.15, 0.2) is 0 Å². The average Bonchev–Trinajstić information content (AvgIpc) is 3.37. The summed E-state index contributed by atoms with van der Waals surface area (Å²) in [6.45, 7) is 8.01. The molecule has 4 fully saturated rings. The summed E-state index contributed by atoms with van der Waals surface area (Å²) in [5.74, 6) is 6.52. The second kappa shape index (κ2) is 16.2. The molecule has 0 aliphatic heterocycles. The highest BCUT2D eigenvalue weighted by molar-refractivity contribution is 5.88. The number of ether oxygens (including phenoxy) is 2. The lowest BCUT2D eigenvalue weighted by atomic mass is 9.44. The average molecular weight is 626 g/mol. The van der Waals surface area contributed by atoms with Crippen molar-refractivity contribution in [1.82, 2.24) is 10.6 Å². The van der Waals surface area contributed by atoms with Crippen LogP contribution in [0.1, 0.15) is 97.8 Å². The van der Waals surface area contributed by atoms with Crippen molar-refractivity contribution in [3.05, 3.63) is 22.6 Å². The lowest BCUT2D eigenvalue weighted by Gasteiger charge is -2.61. The molecule has 4 aliphatic carbocycles. The molecule has 0 bridgehead atoms. The van der Waals surface area contributed by atoms with Gasteiger partial charge in [-0.3, -0.25) is 4.79 Å². The quantitative estimate of drug-likeness (QED) is 0.0384. The van der Waals surface area contributed by atoms with E-state index in [1.54, 1.807) is 0 Å². The largest absolute Gasteiger partial charge is 0.447 e. The van der Waals surface area contributed by atoms with Gasteiger partial charge in [0.25, 0.3) is 0 Å². The summed E-state index contributed by atoms with van der Waals surface area (Å²) in [6.07, 6.45) is 20.2. The maximum absolute atomic E-state index is 12.6. The lowest BCUT2D eigenvalue weighted by molar-refractivity contribution is -0.129. The molecule has 4 aliphatic rings. The van der Waals surface area contributed by atoms with Gasteiger partial charge in [-0.15, -0.1) is 12.3 Å². The highest BCUT2D eigenvalue weighted by Gasteiger charge is 2.60. The van der Waals surface area contributed by atoms with E-state index in [4.69, 9.17) is 21.4 Å². The van der Waals surface area contributed by atoms with Crippen LogP contribution in [0.4, 0.5) is 4.79 Å². The molecule has 4 saturated carbocycles. The second-order valence-electron chi connectivity index (χ2n) is 14.6. The van der Waals surface area contributed by atoms with Crippen LogP contribution in [-0.4, -0.2) is 55.7 Å². The molecule has 10 nitrogen and oxygen atoms in total. The molecule has 10 atom stereocenters. The molecule has 10 unspecified atom stereocenters. The van der Waals surface area contributed by atoms with Gasteiger partial charge < -0.3 is 25.2 Å². The Morgan fingerprint density at radius 2 is 1.87 bits per heavy atom. The molecule has 3 N–H and O–H groups in total. The van der Waals surface area contributed by atoms with Crippen molar-refractivity contribution in [2.24, 2.45) is 51.5 Å². The first-order valence-corrected chi connectivity index (χ1v) is 17.2. The zero-order chi connectivity index (χ0) is 32.5. The van der Waals surface area contributed by atoms with Crippen LogP contribution in [0.2, 0.25) is 0 Å². The molecule has 0 heterocycles. The van der Waals surface area contributed by atoms with E-state index in [9.17, 15) is 14.7 Å². The number of amides is 2. The summed E-state index contributed by atoms with van der Waals surface area (Å²) in [6, 6.07) is 0. The maximum atomic E-state index is 12.6. The first kappa shape index (κ1) is 35.1. The highest BCUT2D eigenvalue weighted by atomic mass is 16.6. The number of alkyl carbamates (subject to hydrolysis) is 1. The van der Waals surface area contributed by atoms with Crippen LogP contribution < -0.4 is 10.6 Å². The number of rotatable bonds is 14. The van der Waals surface area contributed by atoms with Gasteiger partial charge in [-0.05, 0) is 129 Å². The van der Waals surface area contributed by atoms with Gasteiger partial charge in [0, 0.05) is 11.3 Å². The monoisotopic (exact) mass is 625 g/mol. The molecule has 0 radical (unpaired) electrons. The van der Waals surface area contributed by atoms with Crippen molar-refractivity contribution in [2.45, 2.75) is 110 Å². The molecular weight excluding hydrogens is 570 g/mol. The van der Waals surface area contributed by atoms with Crippen LogP contribution in [0.5, 0.6) is 0 Å². The summed E-state index contributed by atoms with van der Waals surface area (Å²) < 4.78 is 10.3. The van der Waals surface area contributed by atoms with E-state index in [-0.39, 0.29) is 31.8 Å². The molecule has 0 aromatic heterocycles. The Morgan fingerprint density at radius 3 is 2.64 bits per heavy atom. The standard InChI is InChI=1S/C35H55N5O5/c1-5-6-19-44-20-21-45-33(43)39-31(23-37-40-36)38-32(42)10-8-7-9-24(2)28-13-14-29-27-12-11-25-22-26(41)15-17-34(25,3)30(27)16-18-35(28,29)4/h1,8,10,24-31,41H,6-7,9,11-23H2,2-4H3,(H,38,42)(H,39,43). The summed E-state index contributed by atoms with van der Waals surface area (Å²) in [7, 11) is 0. The maximum Gasteiger partial charge on any atom is 0.408 e. The number of azide groups is 1. The minimum absolute atomic E-state index is 0.0313. The number of allylic oxidation sites excluding steroid dienone is 1. The van der Waals surface area contributed by atoms with Crippen molar-refractivity contribution in [3.63, 3.8) is 0 Å². The molecular formula is C35H55N5O5. The third-order valence-corrected chi connectivity index (χ3v) is 12.2. The molecule has 2 amide bonds. The first-order chi connectivity index (χ1) is 21.6. The van der Waals surface area contributed by atoms with Crippen molar-refractivity contribution in [3.8, 4) is 12.3 Å². The Labute approximate surface area is 269 Å². The molecule has 250 valence electrons. The Bertz CT molecular complexity index is 1130. The minimum atomic E-state index is -0.895. The van der Waals surface area contributed by atoms with Gasteiger partial charge in [-0.25, -0.2) is 4.79 Å². The number of carbonyl (C=O) groups is 2. The van der Waals surface area contributed by atoms with Gasteiger partial charge in [0.05, 0.1) is 25.9 Å². The van der Waals surface area contributed by atoms with Crippen molar-refractivity contribution in [2.75, 3.05) is 26.4 Å². The van der Waals surface area contributed by atoms with E-state index >= 15 is 0 Å². The van der Waals surface area contributed by atoms with Gasteiger partial charge in [0.2, 0.25) is 5.91 Å². The fourth-order valence-corrected chi connectivity index (χ4v) is 10.0. The van der Waals surface area contributed by atoms with E-state index in [0.717, 1.165) is 43.4 Å². The molecule has 0 saturated heterocycles. The molecule has 45 heavy (non-hydrogen) atoms. The number of hydrogen-bond donors (Lipinski definition) is 3. The zero-order valence-electron chi connectivity index (χ0n) is 27.6. The van der Waals surface area contributed by atoms with Crippen molar-refractivity contribution >= 4 is 12.0 Å². The zero-order valence-corrected chi connectivity index (χ0v) is 27.6. The van der Waals surface area contributed by atoms with E-state index in [0.29, 0.717) is 41.6 Å². The van der Waals surface area contributed by atoms with Gasteiger partial charge >= 0.3 is 6.09 Å². The predicted octanol–water partition coefficient (Wildman–Crippen LogP) is 6.50. The third kappa shape index (κ3) is 8.55. The third-order valence-electron chi connectivity index (χ3n) is 12.2. The molecule has 0 aromatic rings. The SMILES string of the molecule is C#CCCOCCOC(=O)NC(CN=[N+]=[N-])NC(=O)C=CCCC(C)C1CCC2C3CCC4CC(O)CCC4(C)C3CCC12C. The molecule has 4 rings (SSSR count). The second-order valence-corrected chi connectivity index (χ2v) is 14.6. The van der Waals surface area contributed by atoms with Crippen LogP contribution in [0, 0.1) is 58.7 Å². The first-order valence-electron chi connectivity index (χ1n) is 17.2. The van der Waals surface area contributed by atoms with Gasteiger partial charge in [-0.2, -0.15) is 0 Å². The van der Waals surface area contributed by atoms with Crippen LogP contribution >= 0.6 is 0 Å². The van der Waals surface area contributed by atoms with E-state index in [1.165, 1.54) is 51.0 Å². The Balaban J connectivity index is 1.22. The summed E-state index contributed by atoms with van der Waals surface area (Å²) in [5, 5.41) is 19.0. The Morgan fingerprint density at radius 1 is 1.09 bits per heavy atom. The van der Waals surface area contributed by atoms with Gasteiger partial charge in [-0.1, -0.05) is 32.0 Å². The molecule has 10 heteroatoms. The number of fused-ring (bicyclic) bond motifs is 5. The van der Waals surface area contributed by atoms with Crippen molar-refractivity contribution in [1.29, 1.82) is 0 Å². The van der Waals surface area contributed by atoms with E-state index < -0.39 is 12.3 Å². The Hall–Kier alpha value is -2.73. The van der Waals surface area contributed by atoms with Crippen LogP contribution in [-0.2, 0) is 14.3 Å². The van der Waals surface area contributed by atoms with Crippen molar-refractivity contribution < 1.29 is 24.2 Å². The lowest BCUT2D eigenvalue weighted by Crippen LogP contribution is -2.54.